The normalized spacial score (nSPS) is 11.2. The van der Waals surface area contributed by atoms with E-state index in [1.807, 2.05) is 0 Å². The fourth-order valence-corrected chi connectivity index (χ4v) is 3.61. The lowest BCUT2D eigenvalue weighted by atomic mass is 10.0. The molecule has 0 unspecified atom stereocenters. The summed E-state index contributed by atoms with van der Waals surface area (Å²) in [5.74, 6) is -0.0667. The van der Waals surface area contributed by atoms with Gasteiger partial charge in [0.1, 0.15) is 11.5 Å². The van der Waals surface area contributed by atoms with Crippen molar-refractivity contribution in [1.29, 1.82) is 0 Å². The maximum Gasteiger partial charge on any atom is 0.387 e. The van der Waals surface area contributed by atoms with Crippen LogP contribution in [0.1, 0.15) is 17.3 Å². The highest BCUT2D eigenvalue weighted by molar-refractivity contribution is 7.92. The van der Waals surface area contributed by atoms with Crippen molar-refractivity contribution >= 4 is 27.3 Å². The molecule has 3 aromatic rings. The molecule has 0 aliphatic carbocycles. The Hall–Kier alpha value is -3.66. The molecule has 0 aliphatic rings. The van der Waals surface area contributed by atoms with E-state index in [1.165, 1.54) is 50.4 Å². The van der Waals surface area contributed by atoms with Gasteiger partial charge in [-0.1, -0.05) is 18.2 Å². The molecule has 7 nitrogen and oxygen atoms in total. The number of alkyl halides is 2. The molecule has 33 heavy (non-hydrogen) atoms. The van der Waals surface area contributed by atoms with Gasteiger partial charge in [-0.05, 0) is 61.0 Å². The summed E-state index contributed by atoms with van der Waals surface area (Å²) in [7, 11) is -1.98. The van der Waals surface area contributed by atoms with E-state index in [4.69, 9.17) is 4.74 Å². The Morgan fingerprint density at radius 3 is 2.36 bits per heavy atom. The lowest BCUT2D eigenvalue weighted by Gasteiger charge is -2.14. The Morgan fingerprint density at radius 2 is 1.73 bits per heavy atom. The average molecular weight is 477 g/mol. The number of benzene rings is 3. The molecule has 3 aromatic carbocycles. The van der Waals surface area contributed by atoms with Crippen LogP contribution in [0.4, 0.5) is 20.2 Å². The van der Waals surface area contributed by atoms with Crippen LogP contribution in [0.2, 0.25) is 0 Å². The van der Waals surface area contributed by atoms with Crippen LogP contribution in [0, 0.1) is 0 Å². The van der Waals surface area contributed by atoms with E-state index in [0.29, 0.717) is 22.6 Å². The van der Waals surface area contributed by atoms with Crippen molar-refractivity contribution < 1.29 is 31.5 Å². The second kappa shape index (κ2) is 10.3. The smallest absolute Gasteiger partial charge is 0.387 e. The quantitative estimate of drug-likeness (QED) is 0.455. The standard InChI is InChI=1S/C23H22F2N2O5S/c1-3-33(29,30)27-18-6-4-5-16(13-18)22(28)26-17-9-12-21(32-23(24)25)20(14-17)15-7-10-19(31-2)11-8-15/h4-14,23,27H,3H2,1-2H3,(H,26,28). The number of carbonyl (C=O) groups is 1. The summed E-state index contributed by atoms with van der Waals surface area (Å²) in [5.41, 5.74) is 1.74. The zero-order chi connectivity index (χ0) is 24.0. The van der Waals surface area contributed by atoms with Crippen molar-refractivity contribution in [3.05, 3.63) is 72.3 Å². The van der Waals surface area contributed by atoms with E-state index in [0.717, 1.165) is 0 Å². The first-order valence-electron chi connectivity index (χ1n) is 9.86. The summed E-state index contributed by atoms with van der Waals surface area (Å²) in [4.78, 5) is 12.7. The molecule has 0 saturated carbocycles. The Balaban J connectivity index is 1.88. The molecule has 3 rings (SSSR count). The van der Waals surface area contributed by atoms with Crippen molar-refractivity contribution in [3.63, 3.8) is 0 Å². The number of rotatable bonds is 9. The van der Waals surface area contributed by atoms with Gasteiger partial charge in [-0.25, -0.2) is 8.42 Å². The van der Waals surface area contributed by atoms with Gasteiger partial charge in [0.15, 0.2) is 0 Å². The molecule has 0 saturated heterocycles. The van der Waals surface area contributed by atoms with Gasteiger partial charge in [-0.3, -0.25) is 9.52 Å². The highest BCUT2D eigenvalue weighted by Gasteiger charge is 2.15. The van der Waals surface area contributed by atoms with Crippen LogP contribution in [0.25, 0.3) is 11.1 Å². The van der Waals surface area contributed by atoms with Gasteiger partial charge in [0.2, 0.25) is 10.0 Å². The Labute approximate surface area is 190 Å². The SMILES string of the molecule is CCS(=O)(=O)Nc1cccc(C(=O)Nc2ccc(OC(F)F)c(-c3ccc(OC)cc3)c2)c1. The second-order valence-corrected chi connectivity index (χ2v) is 8.87. The summed E-state index contributed by atoms with van der Waals surface area (Å²) in [6.07, 6.45) is 0. The number of halogens is 2. The van der Waals surface area contributed by atoms with Crippen molar-refractivity contribution in [2.75, 3.05) is 22.9 Å². The molecular weight excluding hydrogens is 454 g/mol. The van der Waals surface area contributed by atoms with Gasteiger partial charge in [0, 0.05) is 22.5 Å². The predicted molar refractivity (Wildman–Crippen MR) is 123 cm³/mol. The van der Waals surface area contributed by atoms with E-state index in [2.05, 4.69) is 14.8 Å². The molecule has 0 spiro atoms. The van der Waals surface area contributed by atoms with Gasteiger partial charge in [-0.2, -0.15) is 8.78 Å². The molecule has 10 heteroatoms. The van der Waals surface area contributed by atoms with E-state index in [9.17, 15) is 22.0 Å². The number of sulfonamides is 1. The molecule has 0 radical (unpaired) electrons. The second-order valence-electron chi connectivity index (χ2n) is 6.86. The van der Waals surface area contributed by atoms with Gasteiger partial charge >= 0.3 is 6.61 Å². The summed E-state index contributed by atoms with van der Waals surface area (Å²) in [6, 6.07) is 17.0. The van der Waals surface area contributed by atoms with Gasteiger partial charge < -0.3 is 14.8 Å². The molecule has 0 heterocycles. The van der Waals surface area contributed by atoms with E-state index < -0.39 is 22.5 Å². The van der Waals surface area contributed by atoms with Crippen LogP contribution < -0.4 is 19.5 Å². The molecule has 2 N–H and O–H groups in total. The highest BCUT2D eigenvalue weighted by Crippen LogP contribution is 2.34. The van der Waals surface area contributed by atoms with Crippen molar-refractivity contribution in [2.45, 2.75) is 13.5 Å². The number of hydrogen-bond acceptors (Lipinski definition) is 5. The third-order valence-electron chi connectivity index (χ3n) is 4.63. The Bertz CT molecular complexity index is 1230. The zero-order valence-electron chi connectivity index (χ0n) is 17.8. The Kier molecular flexibility index (Phi) is 7.49. The largest absolute Gasteiger partial charge is 0.497 e. The van der Waals surface area contributed by atoms with Crippen LogP contribution in [-0.2, 0) is 10.0 Å². The third kappa shape index (κ3) is 6.42. The number of methoxy groups -OCH3 is 1. The fourth-order valence-electron chi connectivity index (χ4n) is 2.98. The molecule has 0 bridgehead atoms. The van der Waals surface area contributed by atoms with Gasteiger partial charge in [0.05, 0.1) is 12.9 Å². The summed E-state index contributed by atoms with van der Waals surface area (Å²) >= 11 is 0. The first-order valence-corrected chi connectivity index (χ1v) is 11.5. The fraction of sp³-hybridized carbons (Fsp3) is 0.174. The van der Waals surface area contributed by atoms with Crippen LogP contribution >= 0.6 is 0 Å². The van der Waals surface area contributed by atoms with Gasteiger partial charge in [-0.15, -0.1) is 0 Å². The molecule has 0 atom stereocenters. The maximum atomic E-state index is 12.9. The van der Waals surface area contributed by atoms with E-state index in [-0.39, 0.29) is 22.8 Å². The minimum atomic E-state index is -3.50. The van der Waals surface area contributed by atoms with Gasteiger partial charge in [0.25, 0.3) is 5.91 Å². The first kappa shape index (κ1) is 24.0. The van der Waals surface area contributed by atoms with E-state index in [1.54, 1.807) is 30.3 Å². The number of amides is 1. The number of nitrogens with one attached hydrogen (secondary N) is 2. The minimum Gasteiger partial charge on any atom is -0.497 e. The third-order valence-corrected chi connectivity index (χ3v) is 5.94. The molecule has 0 aliphatic heterocycles. The maximum absolute atomic E-state index is 12.9. The van der Waals surface area contributed by atoms with Crippen molar-refractivity contribution in [3.8, 4) is 22.6 Å². The molecule has 174 valence electrons. The molecule has 0 aromatic heterocycles. The molecule has 1 amide bonds. The summed E-state index contributed by atoms with van der Waals surface area (Å²) < 4.78 is 61.5. The average Bonchev–Trinajstić information content (AvgIpc) is 2.79. The Morgan fingerprint density at radius 1 is 1.00 bits per heavy atom. The minimum absolute atomic E-state index is 0.0517. The molecule has 0 fully saturated rings. The van der Waals surface area contributed by atoms with Crippen LogP contribution in [0.5, 0.6) is 11.5 Å². The van der Waals surface area contributed by atoms with E-state index >= 15 is 0 Å². The van der Waals surface area contributed by atoms with Crippen LogP contribution in [0.3, 0.4) is 0 Å². The summed E-state index contributed by atoms with van der Waals surface area (Å²) in [6.45, 7) is -1.52. The number of carbonyl (C=O) groups excluding carboxylic acids is 1. The number of anilines is 2. The van der Waals surface area contributed by atoms with Crippen molar-refractivity contribution in [2.24, 2.45) is 0 Å². The monoisotopic (exact) mass is 476 g/mol. The zero-order valence-corrected chi connectivity index (χ0v) is 18.7. The number of hydrogen-bond donors (Lipinski definition) is 2. The topological polar surface area (TPSA) is 93.7 Å². The highest BCUT2D eigenvalue weighted by atomic mass is 32.2. The lowest BCUT2D eigenvalue weighted by Crippen LogP contribution is -2.16. The molecular formula is C23H22F2N2O5S. The first-order chi connectivity index (χ1) is 15.7. The van der Waals surface area contributed by atoms with Crippen LogP contribution in [0.15, 0.2) is 66.7 Å². The summed E-state index contributed by atoms with van der Waals surface area (Å²) in [5, 5.41) is 2.69. The van der Waals surface area contributed by atoms with Crippen LogP contribution in [-0.4, -0.2) is 33.8 Å². The van der Waals surface area contributed by atoms with Crippen molar-refractivity contribution in [1.82, 2.24) is 0 Å². The predicted octanol–water partition coefficient (Wildman–Crippen LogP) is 4.98. The number of ether oxygens (including phenoxy) is 2. The lowest BCUT2D eigenvalue weighted by molar-refractivity contribution is -0.0494.